The van der Waals surface area contributed by atoms with Gasteiger partial charge in [0.15, 0.2) is 0 Å². The molecule has 2 saturated heterocycles. The van der Waals surface area contributed by atoms with Crippen molar-refractivity contribution in [1.82, 2.24) is 20.0 Å². The van der Waals surface area contributed by atoms with Gasteiger partial charge in [-0.2, -0.15) is 0 Å². The second kappa shape index (κ2) is 44.5. The molecule has 94 heavy (non-hydrogen) atoms. The molecule has 502 valence electrons. The lowest BCUT2D eigenvalue weighted by molar-refractivity contribution is -0.104. The zero-order chi connectivity index (χ0) is 65.2. The maximum Gasteiger partial charge on any atom is 0.143 e. The van der Waals surface area contributed by atoms with Gasteiger partial charge in [-0.1, -0.05) is 119 Å². The van der Waals surface area contributed by atoms with Gasteiger partial charge in [0, 0.05) is 48.4 Å². The van der Waals surface area contributed by atoms with Gasteiger partial charge in [0.1, 0.15) is 58.9 Å². The predicted molar refractivity (Wildman–Crippen MR) is 387 cm³/mol. The quantitative estimate of drug-likeness (QED) is 0.0309. The molecule has 8 aromatic rings. The van der Waals surface area contributed by atoms with Crippen molar-refractivity contribution < 1.29 is 45.8 Å². The van der Waals surface area contributed by atoms with Crippen molar-refractivity contribution in [3.8, 4) is 17.2 Å². The molecule has 2 atom stereocenters. The first-order chi connectivity index (χ1) is 44.2. The minimum Gasteiger partial charge on any atom is -0.497 e. The Kier molecular flexibility index (Phi) is 38.0. The lowest BCUT2D eigenvalue weighted by Gasteiger charge is -2.30. The molecule has 0 bridgehead atoms. The average molecular weight is 1400 g/mol. The lowest BCUT2D eigenvalue weighted by Crippen LogP contribution is -2.35. The Bertz CT molecular complexity index is 3450. The van der Waals surface area contributed by atoms with Gasteiger partial charge in [0.2, 0.25) is 0 Å². The third-order valence-electron chi connectivity index (χ3n) is 15.4. The fraction of sp³-hybridized carbons (Fsp3) is 0.291. The smallest absolute Gasteiger partial charge is 0.143 e. The molecule has 2 aliphatic heterocycles. The summed E-state index contributed by atoms with van der Waals surface area (Å²) in [7, 11) is 4.92. The van der Waals surface area contributed by atoms with Crippen LogP contribution in [-0.4, -0.2) is 108 Å². The SMILES string of the molecule is C.C.C.COc1ccc(/C(=C\C=O)c2ccc(F)cc2)cc1.COc1ccc(/C(=C\CN(CCN2CCCC2)[C@H](C)c2ccc(F)cc2)c2ccc(F)cc2)cc1.COc1ccc(I)cc1.C[C@@H](NCCN1CCCC1)c1ccc(F)cc1.O=C/C=C/c1ccc(F)cc1. The van der Waals surface area contributed by atoms with Gasteiger partial charge < -0.3 is 29.3 Å². The summed E-state index contributed by atoms with van der Waals surface area (Å²) >= 11 is 2.26. The number of methoxy groups -OCH3 is 3. The monoisotopic (exact) mass is 1400 g/mol. The summed E-state index contributed by atoms with van der Waals surface area (Å²) in [5, 5.41) is 3.48. The fourth-order valence-corrected chi connectivity index (χ4v) is 10.5. The second-order valence-electron chi connectivity index (χ2n) is 21.6. The normalized spacial score (nSPS) is 13.4. The molecule has 9 nitrogen and oxygen atoms in total. The number of rotatable bonds is 22. The summed E-state index contributed by atoms with van der Waals surface area (Å²) in [6, 6.07) is 55.8. The number of aldehydes is 2. The van der Waals surface area contributed by atoms with E-state index in [2.05, 4.69) is 62.5 Å². The summed E-state index contributed by atoms with van der Waals surface area (Å²) in [6.07, 6.45) is 13.3. The largest absolute Gasteiger partial charge is 0.497 e. The van der Waals surface area contributed by atoms with Crippen LogP contribution in [0.4, 0.5) is 22.0 Å². The topological polar surface area (TPSA) is 83.6 Å². The summed E-state index contributed by atoms with van der Waals surface area (Å²) in [6.45, 7) is 13.8. The van der Waals surface area contributed by atoms with E-state index in [1.165, 1.54) is 115 Å². The standard InChI is InChI=1S/C30H34F2N2O.C16H13FO2.C14H21FN2.C9H7FO.C7H7IO.3CH4/c1-23(24-5-11-27(31)12-6-24)34(22-21-33-18-3-4-19-33)20-17-30(25-7-13-28(32)14-8-25)26-9-15-29(35-2)16-10-26;1-19-15-8-4-13(5-9-15)16(10-11-18)12-2-6-14(17)7-3-12;1-12(13-4-6-14(15)7-5-13)16-8-11-17-9-2-3-10-17;10-9-5-3-8(4-6-9)2-1-7-11;1-9-7-4-2-6(8)3-5-7;;;/h5-17,23H,3-4,18-22H2,1-2H3;2-11H,1H3;4-7,12,16H,2-3,8-11H2,1H3;1-7H;2-5H,1H3;3*1H4/b30-17-;16-10-;;2-1+;;;;/t23-;;12-;;;;;/m1.1...../s1. The van der Waals surface area contributed by atoms with Crippen LogP contribution in [0.2, 0.25) is 0 Å². The average Bonchev–Trinajstić information content (AvgIpc) is 1.09. The maximum absolute atomic E-state index is 13.7. The van der Waals surface area contributed by atoms with E-state index in [-0.39, 0.29) is 57.4 Å². The van der Waals surface area contributed by atoms with Gasteiger partial charge in [0.05, 0.1) is 21.3 Å². The van der Waals surface area contributed by atoms with E-state index in [4.69, 9.17) is 14.2 Å². The summed E-state index contributed by atoms with van der Waals surface area (Å²) in [5.41, 5.74) is 8.53. The van der Waals surface area contributed by atoms with Crippen LogP contribution in [0, 0.1) is 32.7 Å². The number of likely N-dealkylation sites (tertiary alicyclic amines) is 2. The number of halogens is 6. The van der Waals surface area contributed by atoms with E-state index in [0.29, 0.717) is 18.9 Å². The van der Waals surface area contributed by atoms with Gasteiger partial charge in [-0.25, -0.2) is 22.0 Å². The van der Waals surface area contributed by atoms with Crippen LogP contribution in [-0.2, 0) is 9.59 Å². The van der Waals surface area contributed by atoms with Crippen LogP contribution in [0.3, 0.4) is 0 Å². The van der Waals surface area contributed by atoms with E-state index < -0.39 is 0 Å². The van der Waals surface area contributed by atoms with Gasteiger partial charge >= 0.3 is 0 Å². The predicted octanol–water partition coefficient (Wildman–Crippen LogP) is 18.8. The van der Waals surface area contributed by atoms with Gasteiger partial charge in [0.25, 0.3) is 0 Å². The molecule has 0 saturated carbocycles. The third-order valence-corrected chi connectivity index (χ3v) is 16.1. The summed E-state index contributed by atoms with van der Waals surface area (Å²) < 4.78 is 81.9. The van der Waals surface area contributed by atoms with Crippen molar-refractivity contribution in [2.45, 2.75) is 73.9 Å². The molecule has 0 aliphatic carbocycles. The van der Waals surface area contributed by atoms with E-state index in [1.54, 1.807) is 51.7 Å². The molecule has 15 heteroatoms. The summed E-state index contributed by atoms with van der Waals surface area (Å²) in [5.74, 6) is 1.24. The molecule has 0 radical (unpaired) electrons. The Morgan fingerprint density at radius 3 is 1.26 bits per heavy atom. The molecule has 0 aromatic heterocycles. The first kappa shape index (κ1) is 80.2. The number of allylic oxidation sites excluding steroid dienone is 2. The van der Waals surface area contributed by atoms with Crippen LogP contribution in [0.15, 0.2) is 212 Å². The Morgan fingerprint density at radius 1 is 0.489 bits per heavy atom. The molecule has 0 spiro atoms. The van der Waals surface area contributed by atoms with E-state index in [1.807, 2.05) is 109 Å². The van der Waals surface area contributed by atoms with Gasteiger partial charge in [-0.15, -0.1) is 0 Å². The molecule has 2 heterocycles. The highest BCUT2D eigenvalue weighted by molar-refractivity contribution is 14.1. The first-order valence-corrected chi connectivity index (χ1v) is 31.5. The number of hydrogen-bond donors (Lipinski definition) is 1. The van der Waals surface area contributed by atoms with Crippen LogP contribution in [0.1, 0.15) is 113 Å². The van der Waals surface area contributed by atoms with Crippen molar-refractivity contribution in [3.05, 3.63) is 284 Å². The van der Waals surface area contributed by atoms with Crippen molar-refractivity contribution >= 4 is 52.4 Å². The van der Waals surface area contributed by atoms with Crippen molar-refractivity contribution in [2.75, 3.05) is 80.2 Å². The molecule has 0 unspecified atom stereocenters. The fourth-order valence-electron chi connectivity index (χ4n) is 10.1. The Balaban J connectivity index is 0.000000332. The number of ether oxygens (including phenoxy) is 3. The highest BCUT2D eigenvalue weighted by Gasteiger charge is 2.20. The molecular weight excluding hydrogens is 1310 g/mol. The second-order valence-corrected chi connectivity index (χ2v) is 22.8. The van der Waals surface area contributed by atoms with Crippen LogP contribution in [0.5, 0.6) is 17.2 Å². The van der Waals surface area contributed by atoms with Gasteiger partial charge in [-0.3, -0.25) is 14.5 Å². The molecule has 2 fully saturated rings. The summed E-state index contributed by atoms with van der Waals surface area (Å²) in [4.78, 5) is 28.1. The minimum absolute atomic E-state index is 0. The number of nitrogens with one attached hydrogen (secondary N) is 1. The number of hydrogen-bond acceptors (Lipinski definition) is 9. The molecule has 8 aromatic carbocycles. The lowest BCUT2D eigenvalue weighted by atomic mass is 9.97. The highest BCUT2D eigenvalue weighted by atomic mass is 127. The molecule has 1 N–H and O–H groups in total. The number of nitrogens with zero attached hydrogens (tertiary/aromatic N) is 3. The number of benzene rings is 8. The van der Waals surface area contributed by atoms with E-state index in [9.17, 15) is 31.5 Å². The van der Waals surface area contributed by atoms with Crippen molar-refractivity contribution in [1.29, 1.82) is 0 Å². The van der Waals surface area contributed by atoms with E-state index in [0.717, 1.165) is 113 Å². The zero-order valence-corrected chi connectivity index (χ0v) is 54.6. The molecule has 10 rings (SSSR count). The van der Waals surface area contributed by atoms with E-state index >= 15 is 0 Å². The van der Waals surface area contributed by atoms with Crippen LogP contribution in [0.25, 0.3) is 17.2 Å². The van der Waals surface area contributed by atoms with Crippen LogP contribution < -0.4 is 19.5 Å². The van der Waals surface area contributed by atoms with Crippen molar-refractivity contribution in [2.24, 2.45) is 0 Å². The third kappa shape index (κ3) is 28.3. The molecule has 2 aliphatic rings. The number of carbonyl (C=O) groups excluding carboxylic acids is 2. The molecular formula is C79H94F5IN4O5. The van der Waals surface area contributed by atoms with Gasteiger partial charge in [-0.05, 0) is 260 Å². The van der Waals surface area contributed by atoms with Crippen molar-refractivity contribution in [3.63, 3.8) is 0 Å². The highest BCUT2D eigenvalue weighted by Crippen LogP contribution is 2.29. The number of carbonyl (C=O) groups is 2. The Labute approximate surface area is 570 Å². The van der Waals surface area contributed by atoms with Crippen LogP contribution >= 0.6 is 22.6 Å². The Morgan fingerprint density at radius 2 is 0.851 bits per heavy atom. The molecule has 0 amide bonds. The zero-order valence-electron chi connectivity index (χ0n) is 52.4. The Hall–Kier alpha value is -8.06. The maximum atomic E-state index is 13.7. The first-order valence-electron chi connectivity index (χ1n) is 30.4. The minimum atomic E-state index is -0.302.